The van der Waals surface area contributed by atoms with Crippen molar-refractivity contribution in [1.29, 1.82) is 0 Å². The SMILES string of the molecule is CCc1ccc(-c2cc3cc(CC(C)C)ccc3c[n+]2C)c(C)c1. The largest absolute Gasteiger partial charge is 0.213 e. The average molecular weight is 318 g/mol. The summed E-state index contributed by atoms with van der Waals surface area (Å²) in [6, 6.07) is 16.1. The Morgan fingerprint density at radius 2 is 1.67 bits per heavy atom. The predicted molar refractivity (Wildman–Crippen MR) is 103 cm³/mol. The molecule has 0 aliphatic heterocycles. The summed E-state index contributed by atoms with van der Waals surface area (Å²) >= 11 is 0. The molecule has 0 N–H and O–H groups in total. The van der Waals surface area contributed by atoms with Crippen LogP contribution in [0.1, 0.15) is 37.5 Å². The van der Waals surface area contributed by atoms with E-state index in [0.717, 1.165) is 12.8 Å². The molecule has 0 unspecified atom stereocenters. The number of hydrogen-bond acceptors (Lipinski definition) is 0. The fourth-order valence-corrected chi connectivity index (χ4v) is 3.49. The van der Waals surface area contributed by atoms with Gasteiger partial charge in [-0.2, -0.15) is 0 Å². The van der Waals surface area contributed by atoms with E-state index in [1.54, 1.807) is 0 Å². The number of fused-ring (bicyclic) bond motifs is 1. The number of aryl methyl sites for hydroxylation is 3. The fourth-order valence-electron chi connectivity index (χ4n) is 3.49. The minimum atomic E-state index is 0.686. The summed E-state index contributed by atoms with van der Waals surface area (Å²) in [5.41, 5.74) is 6.78. The molecule has 1 heterocycles. The Kier molecular flexibility index (Phi) is 4.71. The fraction of sp³-hybridized carbons (Fsp3) is 0.348. The number of rotatable bonds is 4. The quantitative estimate of drug-likeness (QED) is 0.567. The van der Waals surface area contributed by atoms with Gasteiger partial charge in [0.15, 0.2) is 6.20 Å². The van der Waals surface area contributed by atoms with Crippen molar-refractivity contribution in [2.24, 2.45) is 13.0 Å². The number of aromatic nitrogens is 1. The van der Waals surface area contributed by atoms with E-state index in [4.69, 9.17) is 0 Å². The van der Waals surface area contributed by atoms with Gasteiger partial charge in [-0.25, -0.2) is 4.57 Å². The second-order valence-electron chi connectivity index (χ2n) is 7.33. The van der Waals surface area contributed by atoms with Crippen molar-refractivity contribution >= 4 is 10.8 Å². The lowest BCUT2D eigenvalue weighted by molar-refractivity contribution is -0.659. The maximum atomic E-state index is 2.36. The molecule has 0 fully saturated rings. The van der Waals surface area contributed by atoms with Gasteiger partial charge in [0.25, 0.3) is 0 Å². The number of benzene rings is 2. The number of pyridine rings is 1. The highest BCUT2D eigenvalue weighted by atomic mass is 14.9. The molecule has 1 nitrogen and oxygen atoms in total. The summed E-state index contributed by atoms with van der Waals surface area (Å²) in [7, 11) is 2.14. The van der Waals surface area contributed by atoms with Crippen LogP contribution in [0.25, 0.3) is 22.0 Å². The van der Waals surface area contributed by atoms with Crippen molar-refractivity contribution in [3.05, 3.63) is 65.4 Å². The van der Waals surface area contributed by atoms with E-state index in [-0.39, 0.29) is 0 Å². The van der Waals surface area contributed by atoms with Crippen molar-refractivity contribution < 1.29 is 4.57 Å². The van der Waals surface area contributed by atoms with E-state index >= 15 is 0 Å². The number of nitrogens with zero attached hydrogens (tertiary/aromatic N) is 1. The van der Waals surface area contributed by atoms with Gasteiger partial charge in [-0.05, 0) is 59.9 Å². The molecule has 0 aliphatic carbocycles. The molecule has 3 rings (SSSR count). The highest BCUT2D eigenvalue weighted by Crippen LogP contribution is 2.25. The minimum Gasteiger partial charge on any atom is -0.200 e. The number of hydrogen-bond donors (Lipinski definition) is 0. The second kappa shape index (κ2) is 6.76. The van der Waals surface area contributed by atoms with Crippen LogP contribution in [-0.2, 0) is 19.9 Å². The Bertz CT molecular complexity index is 875. The Morgan fingerprint density at radius 1 is 0.917 bits per heavy atom. The van der Waals surface area contributed by atoms with Crippen LogP contribution < -0.4 is 4.57 Å². The van der Waals surface area contributed by atoms with Crippen molar-refractivity contribution in [3.8, 4) is 11.3 Å². The second-order valence-corrected chi connectivity index (χ2v) is 7.33. The van der Waals surface area contributed by atoms with Crippen LogP contribution >= 0.6 is 0 Å². The van der Waals surface area contributed by atoms with E-state index in [1.165, 1.54) is 38.7 Å². The van der Waals surface area contributed by atoms with Gasteiger partial charge in [-0.3, -0.25) is 0 Å². The van der Waals surface area contributed by atoms with Gasteiger partial charge < -0.3 is 0 Å². The summed E-state index contributed by atoms with van der Waals surface area (Å²) in [6.07, 6.45) is 4.47. The van der Waals surface area contributed by atoms with Gasteiger partial charge in [0.1, 0.15) is 7.05 Å². The molecular weight excluding hydrogens is 290 g/mol. The molecular formula is C23H28N+. The first-order valence-electron chi connectivity index (χ1n) is 9.00. The van der Waals surface area contributed by atoms with E-state index in [2.05, 4.69) is 88.0 Å². The van der Waals surface area contributed by atoms with Gasteiger partial charge in [-0.15, -0.1) is 0 Å². The molecule has 0 saturated carbocycles. The van der Waals surface area contributed by atoms with Crippen molar-refractivity contribution in [1.82, 2.24) is 0 Å². The van der Waals surface area contributed by atoms with Crippen molar-refractivity contribution in [2.75, 3.05) is 0 Å². The van der Waals surface area contributed by atoms with Crippen LogP contribution in [0.5, 0.6) is 0 Å². The lowest BCUT2D eigenvalue weighted by Crippen LogP contribution is -2.30. The first-order valence-corrected chi connectivity index (χ1v) is 9.00. The first kappa shape index (κ1) is 16.7. The van der Waals surface area contributed by atoms with Crippen molar-refractivity contribution in [2.45, 2.75) is 40.5 Å². The molecule has 0 radical (unpaired) electrons. The minimum absolute atomic E-state index is 0.686. The normalized spacial score (nSPS) is 11.4. The van der Waals surface area contributed by atoms with Crippen LogP contribution in [0, 0.1) is 12.8 Å². The summed E-state index contributed by atoms with van der Waals surface area (Å²) in [5.74, 6) is 0.686. The molecule has 0 bridgehead atoms. The van der Waals surface area contributed by atoms with Crippen LogP contribution in [0.2, 0.25) is 0 Å². The molecule has 0 aliphatic rings. The van der Waals surface area contributed by atoms with Gasteiger partial charge in [0.05, 0.1) is 0 Å². The Hall–Kier alpha value is -2.15. The molecule has 0 spiro atoms. The highest BCUT2D eigenvalue weighted by molar-refractivity contribution is 5.84. The third-order valence-corrected chi connectivity index (χ3v) is 4.78. The Morgan fingerprint density at radius 3 is 2.33 bits per heavy atom. The summed E-state index contributed by atoms with van der Waals surface area (Å²) in [4.78, 5) is 0. The van der Waals surface area contributed by atoms with Gasteiger partial charge in [0.2, 0.25) is 5.69 Å². The Labute approximate surface area is 146 Å². The molecule has 2 aromatic carbocycles. The first-order chi connectivity index (χ1) is 11.5. The zero-order valence-electron chi connectivity index (χ0n) is 15.6. The van der Waals surface area contributed by atoms with Crippen LogP contribution in [0.3, 0.4) is 0 Å². The zero-order chi connectivity index (χ0) is 17.3. The van der Waals surface area contributed by atoms with E-state index in [0.29, 0.717) is 5.92 Å². The summed E-state index contributed by atoms with van der Waals surface area (Å²) in [5, 5.41) is 2.64. The standard InChI is InChI=1S/C23H28N/c1-6-18-8-10-22(17(4)12-18)23-14-21-13-19(11-16(2)3)7-9-20(21)15-24(23)5/h7-10,12-16H,6,11H2,1-5H3/q+1. The van der Waals surface area contributed by atoms with Gasteiger partial charge in [-0.1, -0.05) is 45.0 Å². The smallest absolute Gasteiger partial charge is 0.200 e. The average Bonchev–Trinajstić information content (AvgIpc) is 2.54. The lowest BCUT2D eigenvalue weighted by atomic mass is 9.97. The topological polar surface area (TPSA) is 3.88 Å². The molecule has 1 aromatic heterocycles. The molecule has 1 heteroatoms. The summed E-state index contributed by atoms with van der Waals surface area (Å²) < 4.78 is 2.25. The molecule has 0 saturated heterocycles. The van der Waals surface area contributed by atoms with Gasteiger partial charge >= 0.3 is 0 Å². The van der Waals surface area contributed by atoms with Crippen LogP contribution in [-0.4, -0.2) is 0 Å². The third kappa shape index (κ3) is 3.36. The molecule has 3 aromatic rings. The van der Waals surface area contributed by atoms with Gasteiger partial charge in [0, 0.05) is 17.0 Å². The highest BCUT2D eigenvalue weighted by Gasteiger charge is 2.14. The monoisotopic (exact) mass is 318 g/mol. The van der Waals surface area contributed by atoms with Crippen LogP contribution in [0.15, 0.2) is 48.7 Å². The predicted octanol–water partition coefficient (Wildman–Crippen LogP) is 5.40. The Balaban J connectivity index is 2.12. The zero-order valence-corrected chi connectivity index (χ0v) is 15.6. The molecule has 124 valence electrons. The molecule has 0 amide bonds. The summed E-state index contributed by atoms with van der Waals surface area (Å²) in [6.45, 7) is 8.98. The maximum Gasteiger partial charge on any atom is 0.213 e. The third-order valence-electron chi connectivity index (χ3n) is 4.78. The van der Waals surface area contributed by atoms with Crippen LogP contribution in [0.4, 0.5) is 0 Å². The lowest BCUT2D eigenvalue weighted by Gasteiger charge is -2.09. The van der Waals surface area contributed by atoms with E-state index in [1.807, 2.05) is 0 Å². The molecule has 24 heavy (non-hydrogen) atoms. The van der Waals surface area contributed by atoms with Crippen molar-refractivity contribution in [3.63, 3.8) is 0 Å². The van der Waals surface area contributed by atoms with E-state index < -0.39 is 0 Å². The van der Waals surface area contributed by atoms with E-state index in [9.17, 15) is 0 Å². The maximum absolute atomic E-state index is 2.36. The molecule has 0 atom stereocenters.